The Morgan fingerprint density at radius 3 is 2.86 bits per heavy atom. The monoisotopic (exact) mass is 399 g/mol. The minimum atomic E-state index is 0.0510. The Balaban J connectivity index is 1.44. The first-order valence-electron chi connectivity index (χ1n) is 9.82. The van der Waals surface area contributed by atoms with Crippen LogP contribution in [-0.2, 0) is 11.2 Å². The summed E-state index contributed by atoms with van der Waals surface area (Å²) in [6.45, 7) is 6.21. The van der Waals surface area contributed by atoms with Gasteiger partial charge in [-0.1, -0.05) is 44.2 Å². The Labute approximate surface area is 171 Å². The van der Waals surface area contributed by atoms with E-state index in [0.29, 0.717) is 0 Å². The second-order valence-electron chi connectivity index (χ2n) is 7.33. The molecule has 150 valence electrons. The van der Waals surface area contributed by atoms with Crippen LogP contribution in [0.1, 0.15) is 26.0 Å². The molecular weight excluding hydrogens is 370 g/mol. The molecule has 0 aliphatic carbocycles. The first kappa shape index (κ1) is 20.3. The van der Waals surface area contributed by atoms with Crippen molar-refractivity contribution >= 4 is 23.2 Å². The van der Waals surface area contributed by atoms with E-state index in [0.717, 1.165) is 54.7 Å². The molecule has 3 rings (SSSR count). The molecule has 2 aromatic rings. The number of amides is 1. The largest absolute Gasteiger partial charge is 0.356 e. The van der Waals surface area contributed by atoms with Crippen molar-refractivity contribution < 1.29 is 4.79 Å². The molecule has 0 radical (unpaired) electrons. The quantitative estimate of drug-likeness (QED) is 0.579. The number of likely N-dealkylation sites (tertiary alicyclic amines) is 1. The second-order valence-corrected chi connectivity index (χ2v) is 8.19. The van der Waals surface area contributed by atoms with Crippen LogP contribution in [0, 0.1) is 5.92 Å². The van der Waals surface area contributed by atoms with Crippen LogP contribution < -0.4 is 10.6 Å². The number of aliphatic imine (C=N–C) groups is 1. The van der Waals surface area contributed by atoms with Gasteiger partial charge in [0.05, 0.1) is 5.69 Å². The molecule has 1 aromatic heterocycles. The summed E-state index contributed by atoms with van der Waals surface area (Å²) < 4.78 is 0. The average molecular weight is 400 g/mol. The van der Waals surface area contributed by atoms with Crippen LogP contribution in [0.5, 0.6) is 0 Å². The van der Waals surface area contributed by atoms with E-state index in [4.69, 9.17) is 4.98 Å². The fourth-order valence-electron chi connectivity index (χ4n) is 3.28. The van der Waals surface area contributed by atoms with E-state index in [1.54, 1.807) is 18.4 Å². The molecule has 0 bridgehead atoms. The molecular formula is C21H29N5OS. The molecule has 7 heteroatoms. The number of carbonyl (C=O) groups excluding carboxylic acids is 1. The molecule has 1 aliphatic heterocycles. The molecule has 1 aliphatic rings. The lowest BCUT2D eigenvalue weighted by molar-refractivity contribution is -0.133. The Hall–Kier alpha value is -2.41. The molecule has 1 saturated heterocycles. The fraction of sp³-hybridized carbons (Fsp3) is 0.476. The molecule has 0 saturated carbocycles. The SMILES string of the molecule is CN=C(NCCc1csc(-c2ccccc2)n1)NC1CCN(C(=O)C(C)C)C1. The van der Waals surface area contributed by atoms with E-state index in [1.807, 2.05) is 36.9 Å². The Morgan fingerprint density at radius 2 is 2.14 bits per heavy atom. The topological polar surface area (TPSA) is 69.6 Å². The van der Waals surface area contributed by atoms with Gasteiger partial charge >= 0.3 is 0 Å². The number of rotatable bonds is 6. The first-order chi connectivity index (χ1) is 13.6. The summed E-state index contributed by atoms with van der Waals surface area (Å²) in [5.41, 5.74) is 2.24. The lowest BCUT2D eigenvalue weighted by atomic mass is 10.2. The molecule has 2 N–H and O–H groups in total. The average Bonchev–Trinajstić information content (AvgIpc) is 3.37. The molecule has 1 atom stereocenters. The highest BCUT2D eigenvalue weighted by Crippen LogP contribution is 2.23. The highest BCUT2D eigenvalue weighted by molar-refractivity contribution is 7.13. The molecule has 1 unspecified atom stereocenters. The van der Waals surface area contributed by atoms with Crippen LogP contribution in [0.4, 0.5) is 0 Å². The summed E-state index contributed by atoms with van der Waals surface area (Å²) in [5.74, 6) is 1.06. The molecule has 28 heavy (non-hydrogen) atoms. The van der Waals surface area contributed by atoms with Gasteiger partial charge in [0.2, 0.25) is 5.91 Å². The van der Waals surface area contributed by atoms with Crippen molar-refractivity contribution in [3.8, 4) is 10.6 Å². The summed E-state index contributed by atoms with van der Waals surface area (Å²) in [6, 6.07) is 10.5. The summed E-state index contributed by atoms with van der Waals surface area (Å²) in [7, 11) is 1.78. The Kier molecular flexibility index (Phi) is 7.03. The molecule has 1 aromatic carbocycles. The minimum Gasteiger partial charge on any atom is -0.356 e. The van der Waals surface area contributed by atoms with Crippen LogP contribution in [0.3, 0.4) is 0 Å². The maximum absolute atomic E-state index is 12.1. The third-order valence-electron chi connectivity index (χ3n) is 4.80. The van der Waals surface area contributed by atoms with E-state index in [2.05, 4.69) is 33.1 Å². The first-order valence-corrected chi connectivity index (χ1v) is 10.7. The van der Waals surface area contributed by atoms with Gasteiger partial charge in [-0.15, -0.1) is 11.3 Å². The van der Waals surface area contributed by atoms with Crippen molar-refractivity contribution in [3.05, 3.63) is 41.4 Å². The summed E-state index contributed by atoms with van der Waals surface area (Å²) >= 11 is 1.68. The van der Waals surface area contributed by atoms with Crippen molar-refractivity contribution in [1.82, 2.24) is 20.5 Å². The normalized spacial score (nSPS) is 17.2. The number of nitrogens with one attached hydrogen (secondary N) is 2. The van der Waals surface area contributed by atoms with Crippen molar-refractivity contribution in [2.45, 2.75) is 32.7 Å². The zero-order chi connectivity index (χ0) is 19.9. The fourth-order valence-corrected chi connectivity index (χ4v) is 4.14. The van der Waals surface area contributed by atoms with Crippen molar-refractivity contribution in [1.29, 1.82) is 0 Å². The van der Waals surface area contributed by atoms with Gasteiger partial charge in [0.15, 0.2) is 5.96 Å². The number of aromatic nitrogens is 1. The van der Waals surface area contributed by atoms with Crippen LogP contribution in [0.25, 0.3) is 10.6 Å². The van der Waals surface area contributed by atoms with Gasteiger partial charge < -0.3 is 15.5 Å². The van der Waals surface area contributed by atoms with Gasteiger partial charge in [-0.25, -0.2) is 4.98 Å². The minimum absolute atomic E-state index is 0.0510. The number of hydrogen-bond donors (Lipinski definition) is 2. The molecule has 1 amide bonds. The lowest BCUT2D eigenvalue weighted by Gasteiger charge is -2.20. The van der Waals surface area contributed by atoms with Gasteiger partial charge in [-0.2, -0.15) is 0 Å². The third-order valence-corrected chi connectivity index (χ3v) is 5.74. The lowest BCUT2D eigenvalue weighted by Crippen LogP contribution is -2.45. The number of benzene rings is 1. The summed E-state index contributed by atoms with van der Waals surface area (Å²) in [4.78, 5) is 23.1. The van der Waals surface area contributed by atoms with Gasteiger partial charge in [0.1, 0.15) is 5.01 Å². The highest BCUT2D eigenvalue weighted by Gasteiger charge is 2.27. The molecule has 2 heterocycles. The number of hydrogen-bond acceptors (Lipinski definition) is 4. The van der Waals surface area contributed by atoms with Gasteiger partial charge in [-0.05, 0) is 6.42 Å². The third kappa shape index (κ3) is 5.32. The van der Waals surface area contributed by atoms with Crippen molar-refractivity contribution in [2.75, 3.05) is 26.7 Å². The van der Waals surface area contributed by atoms with E-state index in [-0.39, 0.29) is 17.9 Å². The van der Waals surface area contributed by atoms with Gasteiger partial charge in [0, 0.05) is 56.0 Å². The Morgan fingerprint density at radius 1 is 1.36 bits per heavy atom. The maximum atomic E-state index is 12.1. The molecule has 6 nitrogen and oxygen atoms in total. The van der Waals surface area contributed by atoms with Crippen LogP contribution in [0.15, 0.2) is 40.7 Å². The molecule has 0 spiro atoms. The zero-order valence-corrected chi connectivity index (χ0v) is 17.6. The van der Waals surface area contributed by atoms with Crippen LogP contribution in [-0.4, -0.2) is 54.5 Å². The molecule has 1 fully saturated rings. The van der Waals surface area contributed by atoms with Crippen LogP contribution >= 0.6 is 11.3 Å². The number of guanidine groups is 1. The summed E-state index contributed by atoms with van der Waals surface area (Å²) in [6.07, 6.45) is 1.79. The van der Waals surface area contributed by atoms with Gasteiger partial charge in [0.25, 0.3) is 0 Å². The number of nitrogens with zero attached hydrogens (tertiary/aromatic N) is 3. The van der Waals surface area contributed by atoms with Gasteiger partial charge in [-0.3, -0.25) is 9.79 Å². The Bertz CT molecular complexity index is 802. The predicted octanol–water partition coefficient (Wildman–Crippen LogP) is 2.77. The van der Waals surface area contributed by atoms with E-state index >= 15 is 0 Å². The van der Waals surface area contributed by atoms with Crippen molar-refractivity contribution in [3.63, 3.8) is 0 Å². The van der Waals surface area contributed by atoms with Crippen molar-refractivity contribution in [2.24, 2.45) is 10.9 Å². The number of carbonyl (C=O) groups is 1. The predicted molar refractivity (Wildman–Crippen MR) is 116 cm³/mol. The van der Waals surface area contributed by atoms with Crippen LogP contribution in [0.2, 0.25) is 0 Å². The zero-order valence-electron chi connectivity index (χ0n) is 16.8. The standard InChI is InChI=1S/C21H29N5OS/c1-15(2)20(27)26-12-10-17(13-26)25-21(22-3)23-11-9-18-14-28-19(24-18)16-7-5-4-6-8-16/h4-8,14-15,17H,9-13H2,1-3H3,(H2,22,23,25). The highest BCUT2D eigenvalue weighted by atomic mass is 32.1. The maximum Gasteiger partial charge on any atom is 0.225 e. The summed E-state index contributed by atoms with van der Waals surface area (Å²) in [5, 5.41) is 9.97. The number of thiazole rings is 1. The van der Waals surface area contributed by atoms with E-state index in [9.17, 15) is 4.79 Å². The van der Waals surface area contributed by atoms with E-state index < -0.39 is 0 Å². The second kappa shape index (κ2) is 9.68. The smallest absolute Gasteiger partial charge is 0.225 e. The van der Waals surface area contributed by atoms with E-state index in [1.165, 1.54) is 0 Å².